The van der Waals surface area contributed by atoms with Crippen molar-refractivity contribution in [3.63, 3.8) is 0 Å². The molecule has 5 N–H and O–H groups in total. The molecule has 0 amide bonds. The summed E-state index contributed by atoms with van der Waals surface area (Å²) in [6.45, 7) is 3.01. The minimum Gasteiger partial charge on any atom is -0.369 e. The molecular weight excluding hydrogens is 206 g/mol. The van der Waals surface area contributed by atoms with Crippen LogP contribution in [0.4, 0.5) is 11.8 Å². The van der Waals surface area contributed by atoms with Crippen molar-refractivity contribution in [1.82, 2.24) is 20.2 Å². The van der Waals surface area contributed by atoms with Crippen LogP contribution in [0.1, 0.15) is 19.8 Å². The van der Waals surface area contributed by atoms with Crippen LogP contribution >= 0.6 is 0 Å². The molecule has 0 aliphatic rings. The third kappa shape index (κ3) is 2.03. The molecule has 16 heavy (non-hydrogen) atoms. The Morgan fingerprint density at radius 2 is 2.31 bits per heavy atom. The van der Waals surface area contributed by atoms with Gasteiger partial charge in [-0.15, -0.1) is 0 Å². The lowest BCUT2D eigenvalue weighted by Gasteiger charge is -2.07. The van der Waals surface area contributed by atoms with Crippen molar-refractivity contribution >= 4 is 22.8 Å². The number of rotatable bonds is 5. The number of hydrogen-bond acceptors (Lipinski definition) is 6. The monoisotopic (exact) mass is 221 g/mol. The smallest absolute Gasteiger partial charge is 0.241 e. The molecule has 0 aliphatic carbocycles. The van der Waals surface area contributed by atoms with Gasteiger partial charge in [-0.2, -0.15) is 15.1 Å². The predicted molar refractivity (Wildman–Crippen MR) is 62.9 cm³/mol. The van der Waals surface area contributed by atoms with Crippen molar-refractivity contribution in [1.29, 1.82) is 0 Å². The highest BCUT2D eigenvalue weighted by Crippen LogP contribution is 2.19. The van der Waals surface area contributed by atoms with Gasteiger partial charge in [-0.1, -0.05) is 13.3 Å². The molecule has 0 radical (unpaired) electrons. The molecule has 2 aromatic heterocycles. The second kappa shape index (κ2) is 4.75. The average molecular weight is 221 g/mol. The molecule has 0 atom stereocenters. The Hall–Kier alpha value is -1.89. The van der Waals surface area contributed by atoms with E-state index in [-0.39, 0.29) is 0 Å². The summed E-state index contributed by atoms with van der Waals surface area (Å²) in [6.07, 6.45) is 3.92. The first-order chi connectivity index (χ1) is 7.85. The molecule has 0 saturated heterocycles. The topological polar surface area (TPSA) is 105 Å². The number of aromatic amines is 1. The Balaban J connectivity index is 2.29. The zero-order valence-electron chi connectivity index (χ0n) is 9.12. The SMILES string of the molecule is CCCCNc1nc(NN)nc2[nH]ncc12. The standard InChI is InChI=1S/C9H15N7/c1-2-3-4-11-7-6-5-12-16-8(6)14-9(13-7)15-10/h5H,2-4,10H2,1H3,(H3,11,12,13,14,15,16). The molecular formula is C9H15N7. The van der Waals surface area contributed by atoms with Crippen molar-refractivity contribution in [2.24, 2.45) is 5.84 Å². The van der Waals surface area contributed by atoms with Crippen LogP contribution in [-0.4, -0.2) is 26.7 Å². The molecule has 7 heteroatoms. The highest BCUT2D eigenvalue weighted by molar-refractivity contribution is 5.86. The fraction of sp³-hybridized carbons (Fsp3) is 0.444. The third-order valence-corrected chi connectivity index (χ3v) is 2.26. The minimum atomic E-state index is 0.371. The number of unbranched alkanes of at least 4 members (excludes halogenated alkanes) is 1. The van der Waals surface area contributed by atoms with Crippen molar-refractivity contribution in [3.8, 4) is 0 Å². The number of H-pyrrole nitrogens is 1. The van der Waals surface area contributed by atoms with Gasteiger partial charge in [0.1, 0.15) is 5.82 Å². The van der Waals surface area contributed by atoms with Crippen LogP contribution in [0.3, 0.4) is 0 Å². The Labute approximate surface area is 92.8 Å². The number of hydrazine groups is 1. The lowest BCUT2D eigenvalue weighted by molar-refractivity contribution is 0.831. The summed E-state index contributed by atoms with van der Waals surface area (Å²) < 4.78 is 0. The van der Waals surface area contributed by atoms with Gasteiger partial charge in [-0.3, -0.25) is 10.5 Å². The molecule has 2 rings (SSSR count). The maximum Gasteiger partial charge on any atom is 0.241 e. The Bertz CT molecular complexity index is 464. The molecule has 0 unspecified atom stereocenters. The van der Waals surface area contributed by atoms with Gasteiger partial charge in [0.25, 0.3) is 0 Å². The van der Waals surface area contributed by atoms with E-state index in [2.05, 4.69) is 37.8 Å². The van der Waals surface area contributed by atoms with E-state index in [1.807, 2.05) is 0 Å². The van der Waals surface area contributed by atoms with Gasteiger partial charge in [-0.25, -0.2) is 5.84 Å². The average Bonchev–Trinajstić information content (AvgIpc) is 2.77. The largest absolute Gasteiger partial charge is 0.369 e. The fourth-order valence-electron chi connectivity index (χ4n) is 1.42. The van der Waals surface area contributed by atoms with E-state index in [4.69, 9.17) is 5.84 Å². The molecule has 0 aromatic carbocycles. The van der Waals surface area contributed by atoms with Crippen LogP contribution in [0, 0.1) is 0 Å². The Morgan fingerprint density at radius 3 is 3.06 bits per heavy atom. The number of fused-ring (bicyclic) bond motifs is 1. The van der Waals surface area contributed by atoms with Gasteiger partial charge >= 0.3 is 0 Å². The maximum absolute atomic E-state index is 5.30. The van der Waals surface area contributed by atoms with E-state index >= 15 is 0 Å². The predicted octanol–water partition coefficient (Wildman–Crippen LogP) is 0.850. The normalized spacial score (nSPS) is 10.6. The summed E-state index contributed by atoms with van der Waals surface area (Å²) in [5.41, 5.74) is 3.10. The number of nitrogens with two attached hydrogens (primary N) is 1. The van der Waals surface area contributed by atoms with Crippen LogP contribution in [-0.2, 0) is 0 Å². The quantitative estimate of drug-likeness (QED) is 0.339. The minimum absolute atomic E-state index is 0.371. The second-order valence-corrected chi connectivity index (χ2v) is 3.45. The van der Waals surface area contributed by atoms with E-state index in [1.165, 1.54) is 0 Å². The number of hydrogen-bond donors (Lipinski definition) is 4. The number of anilines is 2. The van der Waals surface area contributed by atoms with Crippen LogP contribution < -0.4 is 16.6 Å². The summed E-state index contributed by atoms with van der Waals surface area (Å²) in [7, 11) is 0. The molecule has 0 fully saturated rings. The van der Waals surface area contributed by atoms with Crippen LogP contribution in [0.25, 0.3) is 11.0 Å². The molecule has 0 aliphatic heterocycles. The van der Waals surface area contributed by atoms with Gasteiger partial charge in [0.15, 0.2) is 5.65 Å². The number of nitrogens with one attached hydrogen (secondary N) is 3. The first-order valence-electron chi connectivity index (χ1n) is 5.26. The summed E-state index contributed by atoms with van der Waals surface area (Å²) >= 11 is 0. The van der Waals surface area contributed by atoms with Gasteiger partial charge in [0.2, 0.25) is 5.95 Å². The van der Waals surface area contributed by atoms with Gasteiger partial charge in [-0.05, 0) is 6.42 Å². The summed E-state index contributed by atoms with van der Waals surface area (Å²) in [5.74, 6) is 6.42. The molecule has 86 valence electrons. The highest BCUT2D eigenvalue weighted by atomic mass is 15.3. The highest BCUT2D eigenvalue weighted by Gasteiger charge is 2.07. The molecule has 0 saturated carbocycles. The lowest BCUT2D eigenvalue weighted by atomic mass is 10.3. The molecule has 2 aromatic rings. The third-order valence-electron chi connectivity index (χ3n) is 2.26. The van der Waals surface area contributed by atoms with Crippen molar-refractivity contribution in [2.45, 2.75) is 19.8 Å². The lowest BCUT2D eigenvalue weighted by Crippen LogP contribution is -2.12. The van der Waals surface area contributed by atoms with E-state index in [0.717, 1.165) is 30.6 Å². The van der Waals surface area contributed by atoms with Crippen molar-refractivity contribution in [2.75, 3.05) is 17.3 Å². The van der Waals surface area contributed by atoms with Crippen molar-refractivity contribution < 1.29 is 0 Å². The zero-order valence-corrected chi connectivity index (χ0v) is 9.12. The van der Waals surface area contributed by atoms with Crippen LogP contribution in [0.2, 0.25) is 0 Å². The number of nitrogen functional groups attached to an aromatic ring is 1. The molecule has 2 heterocycles. The van der Waals surface area contributed by atoms with E-state index in [9.17, 15) is 0 Å². The maximum atomic E-state index is 5.30. The zero-order chi connectivity index (χ0) is 11.4. The van der Waals surface area contributed by atoms with Crippen LogP contribution in [0.15, 0.2) is 6.20 Å². The summed E-state index contributed by atoms with van der Waals surface area (Å²) in [4.78, 5) is 8.38. The Morgan fingerprint density at radius 1 is 1.44 bits per heavy atom. The first kappa shape index (κ1) is 10.6. The Kier molecular flexibility index (Phi) is 3.16. The molecule has 0 spiro atoms. The first-order valence-corrected chi connectivity index (χ1v) is 5.26. The molecule has 7 nitrogen and oxygen atoms in total. The van der Waals surface area contributed by atoms with Gasteiger partial charge in [0.05, 0.1) is 11.6 Å². The summed E-state index contributed by atoms with van der Waals surface area (Å²) in [6, 6.07) is 0. The van der Waals surface area contributed by atoms with E-state index in [1.54, 1.807) is 6.20 Å². The van der Waals surface area contributed by atoms with E-state index in [0.29, 0.717) is 11.6 Å². The van der Waals surface area contributed by atoms with E-state index < -0.39 is 0 Å². The fourth-order valence-corrected chi connectivity index (χ4v) is 1.42. The summed E-state index contributed by atoms with van der Waals surface area (Å²) in [5, 5.41) is 10.8. The van der Waals surface area contributed by atoms with Crippen molar-refractivity contribution in [3.05, 3.63) is 6.20 Å². The molecule has 0 bridgehead atoms. The second-order valence-electron chi connectivity index (χ2n) is 3.45. The number of aromatic nitrogens is 4. The van der Waals surface area contributed by atoms with Gasteiger partial charge in [0, 0.05) is 6.54 Å². The van der Waals surface area contributed by atoms with Gasteiger partial charge < -0.3 is 5.32 Å². The van der Waals surface area contributed by atoms with Crippen LogP contribution in [0.5, 0.6) is 0 Å². The number of nitrogens with zero attached hydrogens (tertiary/aromatic N) is 3.